The number of benzene rings is 2. The van der Waals surface area contributed by atoms with E-state index in [9.17, 15) is 4.79 Å². The molecule has 1 nitrogen and oxygen atoms in total. The Labute approximate surface area is 120 Å². The molecule has 2 aromatic carbocycles. The Balaban J connectivity index is 1.90. The number of rotatable bonds is 4. The first-order valence-electron chi connectivity index (χ1n) is 7.47. The molecule has 2 aromatic rings. The summed E-state index contributed by atoms with van der Waals surface area (Å²) in [7, 11) is 0. The maximum atomic E-state index is 12.0. The van der Waals surface area contributed by atoms with Gasteiger partial charge in [0.25, 0.3) is 0 Å². The van der Waals surface area contributed by atoms with Crippen molar-refractivity contribution in [3.05, 3.63) is 71.8 Å². The first-order chi connectivity index (χ1) is 9.84. The lowest BCUT2D eigenvalue weighted by Gasteiger charge is -2.21. The standard InChI is InChI=1S/C19H20O/c20-19-13-7-12-17(19)14-18(15-8-3-1-4-9-15)16-10-5-2-6-11-16/h1-6,8-11,17-18H,7,12-14H2. The number of carbonyl (C=O) groups excluding carboxylic acids is 1. The van der Waals surface area contributed by atoms with E-state index < -0.39 is 0 Å². The average molecular weight is 264 g/mol. The van der Waals surface area contributed by atoms with Gasteiger partial charge in [0.15, 0.2) is 0 Å². The zero-order valence-corrected chi connectivity index (χ0v) is 11.7. The predicted molar refractivity (Wildman–Crippen MR) is 81.7 cm³/mol. The van der Waals surface area contributed by atoms with E-state index >= 15 is 0 Å². The second-order valence-corrected chi connectivity index (χ2v) is 5.67. The number of Topliss-reactive ketones (excluding diaryl/α,β-unsaturated/α-hetero) is 1. The predicted octanol–water partition coefficient (Wildman–Crippen LogP) is 4.58. The molecule has 0 N–H and O–H groups in total. The lowest BCUT2D eigenvalue weighted by Crippen LogP contribution is -2.12. The van der Waals surface area contributed by atoms with E-state index in [0.29, 0.717) is 11.7 Å². The monoisotopic (exact) mass is 264 g/mol. The molecule has 102 valence electrons. The molecule has 0 spiro atoms. The molecule has 1 heteroatoms. The Morgan fingerprint density at radius 3 is 1.90 bits per heavy atom. The first-order valence-corrected chi connectivity index (χ1v) is 7.47. The van der Waals surface area contributed by atoms with Crippen LogP contribution in [0.15, 0.2) is 60.7 Å². The molecule has 1 aliphatic carbocycles. The molecule has 1 saturated carbocycles. The zero-order chi connectivity index (χ0) is 13.8. The minimum absolute atomic E-state index is 0.250. The summed E-state index contributed by atoms with van der Waals surface area (Å²) in [5.41, 5.74) is 2.64. The topological polar surface area (TPSA) is 17.1 Å². The van der Waals surface area contributed by atoms with E-state index in [1.807, 2.05) is 12.1 Å². The van der Waals surface area contributed by atoms with Crippen molar-refractivity contribution in [2.45, 2.75) is 31.6 Å². The molecule has 20 heavy (non-hydrogen) atoms. The fourth-order valence-corrected chi connectivity index (χ4v) is 3.26. The largest absolute Gasteiger partial charge is 0.299 e. The average Bonchev–Trinajstić information content (AvgIpc) is 2.92. The van der Waals surface area contributed by atoms with Crippen molar-refractivity contribution < 1.29 is 4.79 Å². The molecule has 1 unspecified atom stereocenters. The lowest BCUT2D eigenvalue weighted by molar-refractivity contribution is -0.120. The minimum atomic E-state index is 0.250. The second-order valence-electron chi connectivity index (χ2n) is 5.67. The summed E-state index contributed by atoms with van der Waals surface area (Å²) < 4.78 is 0. The Kier molecular flexibility index (Phi) is 3.96. The van der Waals surface area contributed by atoms with Crippen LogP contribution in [0.3, 0.4) is 0 Å². The van der Waals surface area contributed by atoms with Crippen LogP contribution in [-0.4, -0.2) is 5.78 Å². The molecule has 0 radical (unpaired) electrons. The summed E-state index contributed by atoms with van der Waals surface area (Å²) in [6.07, 6.45) is 3.86. The fraction of sp³-hybridized carbons (Fsp3) is 0.316. The van der Waals surface area contributed by atoms with Crippen molar-refractivity contribution in [1.82, 2.24) is 0 Å². The van der Waals surface area contributed by atoms with Crippen LogP contribution in [0.4, 0.5) is 0 Å². The Morgan fingerprint density at radius 2 is 1.45 bits per heavy atom. The fourth-order valence-electron chi connectivity index (χ4n) is 3.26. The summed E-state index contributed by atoms with van der Waals surface area (Å²) in [6, 6.07) is 21.1. The van der Waals surface area contributed by atoms with E-state index in [2.05, 4.69) is 48.5 Å². The van der Waals surface area contributed by atoms with Crippen molar-refractivity contribution >= 4 is 5.78 Å². The minimum Gasteiger partial charge on any atom is -0.299 e. The van der Waals surface area contributed by atoms with E-state index in [-0.39, 0.29) is 5.92 Å². The van der Waals surface area contributed by atoms with Gasteiger partial charge in [-0.1, -0.05) is 60.7 Å². The van der Waals surface area contributed by atoms with Crippen molar-refractivity contribution in [2.24, 2.45) is 5.92 Å². The van der Waals surface area contributed by atoms with Gasteiger partial charge in [0.1, 0.15) is 5.78 Å². The quantitative estimate of drug-likeness (QED) is 0.790. The van der Waals surface area contributed by atoms with Gasteiger partial charge >= 0.3 is 0 Å². The number of carbonyl (C=O) groups is 1. The summed E-state index contributed by atoms with van der Waals surface area (Å²) in [5, 5.41) is 0. The summed E-state index contributed by atoms with van der Waals surface area (Å²) in [6.45, 7) is 0. The Morgan fingerprint density at radius 1 is 0.900 bits per heavy atom. The molecular formula is C19H20O. The number of hydrogen-bond acceptors (Lipinski definition) is 1. The van der Waals surface area contributed by atoms with Crippen molar-refractivity contribution in [3.63, 3.8) is 0 Å². The molecule has 0 aliphatic heterocycles. The van der Waals surface area contributed by atoms with Crippen molar-refractivity contribution in [1.29, 1.82) is 0 Å². The first kappa shape index (κ1) is 13.1. The number of ketones is 1. The highest BCUT2D eigenvalue weighted by Crippen LogP contribution is 2.35. The third-order valence-electron chi connectivity index (χ3n) is 4.36. The highest BCUT2D eigenvalue weighted by Gasteiger charge is 2.28. The maximum Gasteiger partial charge on any atom is 0.136 e. The molecule has 0 aromatic heterocycles. The van der Waals surface area contributed by atoms with Gasteiger partial charge in [0, 0.05) is 18.3 Å². The van der Waals surface area contributed by atoms with Gasteiger partial charge in [-0.3, -0.25) is 4.79 Å². The molecule has 0 heterocycles. The van der Waals surface area contributed by atoms with Gasteiger partial charge in [0.2, 0.25) is 0 Å². The summed E-state index contributed by atoms with van der Waals surface area (Å²) >= 11 is 0. The van der Waals surface area contributed by atoms with Gasteiger partial charge in [-0.25, -0.2) is 0 Å². The molecular weight excluding hydrogens is 244 g/mol. The smallest absolute Gasteiger partial charge is 0.136 e. The van der Waals surface area contributed by atoms with Crippen LogP contribution in [0.25, 0.3) is 0 Å². The van der Waals surface area contributed by atoms with Gasteiger partial charge in [-0.15, -0.1) is 0 Å². The third kappa shape index (κ3) is 2.82. The SMILES string of the molecule is O=C1CCCC1CC(c1ccccc1)c1ccccc1. The molecule has 3 rings (SSSR count). The van der Waals surface area contributed by atoms with Gasteiger partial charge in [0.05, 0.1) is 0 Å². The van der Waals surface area contributed by atoms with Gasteiger partial charge in [-0.05, 0) is 30.4 Å². The van der Waals surface area contributed by atoms with Crippen LogP contribution >= 0.6 is 0 Å². The molecule has 0 bridgehead atoms. The van der Waals surface area contributed by atoms with Gasteiger partial charge in [-0.2, -0.15) is 0 Å². The van der Waals surface area contributed by atoms with Crippen molar-refractivity contribution in [3.8, 4) is 0 Å². The molecule has 1 aliphatic rings. The van der Waals surface area contributed by atoms with Gasteiger partial charge < -0.3 is 0 Å². The highest BCUT2D eigenvalue weighted by molar-refractivity contribution is 5.82. The van der Waals surface area contributed by atoms with E-state index in [1.54, 1.807) is 0 Å². The van der Waals surface area contributed by atoms with E-state index in [0.717, 1.165) is 25.7 Å². The lowest BCUT2D eigenvalue weighted by atomic mass is 9.83. The van der Waals surface area contributed by atoms with E-state index in [4.69, 9.17) is 0 Å². The second kappa shape index (κ2) is 6.04. The van der Waals surface area contributed by atoms with Crippen LogP contribution in [-0.2, 0) is 4.79 Å². The number of hydrogen-bond donors (Lipinski definition) is 0. The van der Waals surface area contributed by atoms with E-state index in [1.165, 1.54) is 11.1 Å². The maximum absolute atomic E-state index is 12.0. The molecule has 1 atom stereocenters. The molecule has 1 fully saturated rings. The summed E-state index contributed by atoms with van der Waals surface area (Å²) in [4.78, 5) is 12.0. The van der Waals surface area contributed by atoms with Crippen LogP contribution in [0.1, 0.15) is 42.7 Å². The van der Waals surface area contributed by atoms with Crippen LogP contribution in [0.5, 0.6) is 0 Å². The Bertz CT molecular complexity index is 519. The van der Waals surface area contributed by atoms with Crippen LogP contribution in [0.2, 0.25) is 0 Å². The molecule has 0 saturated heterocycles. The molecule has 0 amide bonds. The highest BCUT2D eigenvalue weighted by atomic mass is 16.1. The third-order valence-corrected chi connectivity index (χ3v) is 4.36. The normalized spacial score (nSPS) is 18.6. The van der Waals surface area contributed by atoms with Crippen LogP contribution in [0, 0.1) is 5.92 Å². The Hall–Kier alpha value is -1.89. The van der Waals surface area contributed by atoms with Crippen molar-refractivity contribution in [2.75, 3.05) is 0 Å². The summed E-state index contributed by atoms with van der Waals surface area (Å²) in [5.74, 6) is 1.05. The zero-order valence-electron chi connectivity index (χ0n) is 11.7. The van der Waals surface area contributed by atoms with Crippen LogP contribution < -0.4 is 0 Å².